The van der Waals surface area contributed by atoms with Gasteiger partial charge in [-0.15, -0.1) is 11.3 Å². The molecular formula is C28H31ClN4OS. The number of rotatable bonds is 8. The van der Waals surface area contributed by atoms with Crippen molar-refractivity contribution in [1.29, 1.82) is 0 Å². The zero-order valence-corrected chi connectivity index (χ0v) is 21.6. The van der Waals surface area contributed by atoms with Crippen LogP contribution in [0.2, 0.25) is 5.02 Å². The molecule has 1 amide bonds. The number of thiazole rings is 1. The average molecular weight is 507 g/mol. The standard InChI is InChI=1S/C28H31ClN4OS/c1-20-9-13-33(14-10-20)28(34)26-19-35-27(31-26)18-32(17-21-5-4-6-23(29)15-21)12-11-22-16-30-25-8-3-2-7-24(22)25/h2-8,15-16,19-20,30H,9-14,17-18H2,1H3. The first-order chi connectivity index (χ1) is 17.0. The predicted molar refractivity (Wildman–Crippen MR) is 144 cm³/mol. The van der Waals surface area contributed by atoms with Crippen LogP contribution in [0.1, 0.15) is 46.4 Å². The Kier molecular flexibility index (Phi) is 7.51. The van der Waals surface area contributed by atoms with E-state index >= 15 is 0 Å². The van der Waals surface area contributed by atoms with Gasteiger partial charge in [0, 0.05) is 53.7 Å². The number of hydrogen-bond acceptors (Lipinski definition) is 4. The van der Waals surface area contributed by atoms with Crippen LogP contribution in [0.5, 0.6) is 0 Å². The number of aromatic nitrogens is 2. The number of aromatic amines is 1. The third kappa shape index (κ3) is 5.95. The topological polar surface area (TPSA) is 52.2 Å². The van der Waals surface area contributed by atoms with Gasteiger partial charge in [0.1, 0.15) is 10.7 Å². The molecule has 2 aromatic heterocycles. The monoisotopic (exact) mass is 506 g/mol. The van der Waals surface area contributed by atoms with Gasteiger partial charge in [0.25, 0.3) is 5.91 Å². The van der Waals surface area contributed by atoms with Crippen molar-refractivity contribution >= 4 is 39.7 Å². The number of nitrogens with one attached hydrogen (secondary N) is 1. The second-order valence-electron chi connectivity index (χ2n) is 9.55. The summed E-state index contributed by atoms with van der Waals surface area (Å²) in [6.07, 6.45) is 5.18. The minimum Gasteiger partial charge on any atom is -0.361 e. The van der Waals surface area contributed by atoms with Crippen molar-refractivity contribution in [1.82, 2.24) is 19.8 Å². The lowest BCUT2D eigenvalue weighted by molar-refractivity contribution is 0.0691. The van der Waals surface area contributed by atoms with Gasteiger partial charge in [0.15, 0.2) is 0 Å². The van der Waals surface area contributed by atoms with Gasteiger partial charge in [0.05, 0.1) is 6.54 Å². The van der Waals surface area contributed by atoms with Crippen molar-refractivity contribution in [2.24, 2.45) is 5.92 Å². The lowest BCUT2D eigenvalue weighted by Gasteiger charge is -2.29. The molecule has 1 saturated heterocycles. The van der Waals surface area contributed by atoms with Gasteiger partial charge >= 0.3 is 0 Å². The summed E-state index contributed by atoms with van der Waals surface area (Å²) in [5.41, 5.74) is 4.23. The SMILES string of the molecule is CC1CCN(C(=O)c2csc(CN(CCc3c[nH]c4ccccc34)Cc3cccc(Cl)c3)n2)CC1. The van der Waals surface area contributed by atoms with E-state index in [0.29, 0.717) is 18.2 Å². The molecule has 1 aliphatic heterocycles. The highest BCUT2D eigenvalue weighted by Gasteiger charge is 2.23. The van der Waals surface area contributed by atoms with Crippen molar-refractivity contribution in [2.45, 2.75) is 39.3 Å². The molecule has 182 valence electrons. The summed E-state index contributed by atoms with van der Waals surface area (Å²) in [5, 5.41) is 4.91. The number of hydrogen-bond donors (Lipinski definition) is 1. The summed E-state index contributed by atoms with van der Waals surface area (Å²) in [6.45, 7) is 6.27. The van der Waals surface area contributed by atoms with Gasteiger partial charge < -0.3 is 9.88 Å². The highest BCUT2D eigenvalue weighted by molar-refractivity contribution is 7.09. The number of H-pyrrole nitrogens is 1. The molecule has 5 nitrogen and oxygen atoms in total. The van der Waals surface area contributed by atoms with Gasteiger partial charge in [-0.25, -0.2) is 4.98 Å². The molecule has 4 aromatic rings. The number of carbonyl (C=O) groups excluding carboxylic acids is 1. The first-order valence-corrected chi connectivity index (χ1v) is 13.6. The summed E-state index contributed by atoms with van der Waals surface area (Å²) >= 11 is 7.84. The number of para-hydroxylation sites is 1. The van der Waals surface area contributed by atoms with Crippen molar-refractivity contribution in [2.75, 3.05) is 19.6 Å². The zero-order chi connectivity index (χ0) is 24.2. The highest BCUT2D eigenvalue weighted by Crippen LogP contribution is 2.22. The van der Waals surface area contributed by atoms with Crippen molar-refractivity contribution in [3.63, 3.8) is 0 Å². The molecule has 0 saturated carbocycles. The summed E-state index contributed by atoms with van der Waals surface area (Å²) in [4.78, 5) is 25.5. The third-order valence-corrected chi connectivity index (χ3v) is 7.94. The Morgan fingerprint density at radius 3 is 2.83 bits per heavy atom. The van der Waals surface area contributed by atoms with Gasteiger partial charge in [0.2, 0.25) is 0 Å². The van der Waals surface area contributed by atoms with Gasteiger partial charge in [-0.1, -0.05) is 48.9 Å². The number of fused-ring (bicyclic) bond motifs is 1. The maximum Gasteiger partial charge on any atom is 0.273 e. The minimum atomic E-state index is 0.0691. The van der Waals surface area contributed by atoms with E-state index in [1.807, 2.05) is 28.5 Å². The fourth-order valence-electron chi connectivity index (χ4n) is 4.77. The molecule has 3 heterocycles. The first-order valence-electron chi connectivity index (χ1n) is 12.3. The number of benzene rings is 2. The van der Waals surface area contributed by atoms with Crippen molar-refractivity contribution in [3.8, 4) is 0 Å². The number of carbonyl (C=O) groups is 1. The number of likely N-dealkylation sites (tertiary alicyclic amines) is 1. The van der Waals surface area contributed by atoms with E-state index in [1.54, 1.807) is 11.3 Å². The lowest BCUT2D eigenvalue weighted by Crippen LogP contribution is -2.38. The van der Waals surface area contributed by atoms with Gasteiger partial charge in [-0.2, -0.15) is 0 Å². The normalized spacial score (nSPS) is 14.8. The fraction of sp³-hybridized carbons (Fsp3) is 0.357. The van der Waals surface area contributed by atoms with E-state index in [0.717, 1.165) is 55.5 Å². The zero-order valence-electron chi connectivity index (χ0n) is 20.0. The fourth-order valence-corrected chi connectivity index (χ4v) is 5.79. The molecular weight excluding hydrogens is 476 g/mol. The Balaban J connectivity index is 1.29. The van der Waals surface area contributed by atoms with Crippen LogP contribution in [0.3, 0.4) is 0 Å². The molecule has 1 fully saturated rings. The number of piperidine rings is 1. The Hall–Kier alpha value is -2.67. The van der Waals surface area contributed by atoms with Gasteiger partial charge in [-0.05, 0) is 54.5 Å². The van der Waals surface area contributed by atoms with E-state index in [9.17, 15) is 4.79 Å². The average Bonchev–Trinajstić information content (AvgIpc) is 3.50. The van der Waals surface area contributed by atoms with Crippen LogP contribution in [0.15, 0.2) is 60.1 Å². The largest absolute Gasteiger partial charge is 0.361 e. The van der Waals surface area contributed by atoms with Crippen LogP contribution in [-0.2, 0) is 19.5 Å². The molecule has 0 aliphatic carbocycles. The van der Waals surface area contributed by atoms with Crippen molar-refractivity contribution < 1.29 is 4.79 Å². The Labute approximate surface area is 215 Å². The summed E-state index contributed by atoms with van der Waals surface area (Å²) in [7, 11) is 0. The van der Waals surface area contributed by atoms with Crippen LogP contribution >= 0.6 is 22.9 Å². The molecule has 35 heavy (non-hydrogen) atoms. The smallest absolute Gasteiger partial charge is 0.273 e. The second-order valence-corrected chi connectivity index (χ2v) is 10.9. The lowest BCUT2D eigenvalue weighted by atomic mass is 9.99. The van der Waals surface area contributed by atoms with Crippen LogP contribution < -0.4 is 0 Å². The minimum absolute atomic E-state index is 0.0691. The molecule has 5 rings (SSSR count). The van der Waals surface area contributed by atoms with Crippen LogP contribution in [0.25, 0.3) is 10.9 Å². The highest BCUT2D eigenvalue weighted by atomic mass is 35.5. The van der Waals surface area contributed by atoms with E-state index < -0.39 is 0 Å². The number of halogens is 1. The maximum absolute atomic E-state index is 13.0. The first kappa shape index (κ1) is 24.0. The molecule has 7 heteroatoms. The molecule has 1 N–H and O–H groups in total. The van der Waals surface area contributed by atoms with E-state index in [4.69, 9.17) is 16.6 Å². The maximum atomic E-state index is 13.0. The van der Waals surface area contributed by atoms with E-state index in [-0.39, 0.29) is 5.91 Å². The van der Waals surface area contributed by atoms with Crippen LogP contribution in [0, 0.1) is 5.92 Å². The van der Waals surface area contributed by atoms with Crippen LogP contribution in [0.4, 0.5) is 0 Å². The second kappa shape index (κ2) is 10.9. The van der Waals surface area contributed by atoms with Crippen molar-refractivity contribution in [3.05, 3.63) is 87.0 Å². The molecule has 2 aromatic carbocycles. The summed E-state index contributed by atoms with van der Waals surface area (Å²) < 4.78 is 0. The van der Waals surface area contributed by atoms with Crippen LogP contribution in [-0.4, -0.2) is 45.3 Å². The molecule has 0 atom stereocenters. The third-order valence-electron chi connectivity index (χ3n) is 6.87. The molecule has 0 radical (unpaired) electrons. The molecule has 0 unspecified atom stereocenters. The Morgan fingerprint density at radius 2 is 2.00 bits per heavy atom. The summed E-state index contributed by atoms with van der Waals surface area (Å²) in [6, 6.07) is 16.5. The van der Waals surface area contributed by atoms with E-state index in [2.05, 4.69) is 53.3 Å². The summed E-state index contributed by atoms with van der Waals surface area (Å²) in [5.74, 6) is 0.766. The number of nitrogens with zero attached hydrogens (tertiary/aromatic N) is 3. The quantitative estimate of drug-likeness (QED) is 0.301. The predicted octanol–water partition coefficient (Wildman–Crippen LogP) is 6.39. The molecule has 1 aliphatic rings. The molecule has 0 bridgehead atoms. The Bertz CT molecular complexity index is 1290. The van der Waals surface area contributed by atoms with E-state index in [1.165, 1.54) is 22.0 Å². The van der Waals surface area contributed by atoms with Gasteiger partial charge in [-0.3, -0.25) is 9.69 Å². The molecule has 0 spiro atoms. The number of amides is 1. The Morgan fingerprint density at radius 1 is 1.17 bits per heavy atom.